The van der Waals surface area contributed by atoms with Crippen molar-refractivity contribution < 1.29 is 14.0 Å². The van der Waals surface area contributed by atoms with Gasteiger partial charge in [0.05, 0.1) is 23.1 Å². The molecule has 6 heteroatoms. The van der Waals surface area contributed by atoms with Crippen molar-refractivity contribution in [1.29, 1.82) is 0 Å². The lowest BCUT2D eigenvalue weighted by Gasteiger charge is -2.13. The maximum absolute atomic E-state index is 13.2. The van der Waals surface area contributed by atoms with Gasteiger partial charge in [0.2, 0.25) is 0 Å². The van der Waals surface area contributed by atoms with Gasteiger partial charge in [0.1, 0.15) is 5.82 Å². The molecule has 0 aliphatic heterocycles. The largest absolute Gasteiger partial charge is 0.322 e. The molecule has 1 amide bonds. The van der Waals surface area contributed by atoms with Crippen LogP contribution in [-0.4, -0.2) is 21.5 Å². The predicted octanol–water partition coefficient (Wildman–Crippen LogP) is 4.59. The first-order chi connectivity index (χ1) is 12.9. The molecule has 0 atom stereocenters. The molecule has 2 aromatic carbocycles. The smallest absolute Gasteiger partial charge is 0.259 e. The van der Waals surface area contributed by atoms with Gasteiger partial charge in [-0.15, -0.1) is 0 Å². The molecule has 1 N–H and O–H groups in total. The van der Waals surface area contributed by atoms with Crippen LogP contribution in [0.3, 0.4) is 0 Å². The van der Waals surface area contributed by atoms with Crippen molar-refractivity contribution in [2.24, 2.45) is 0 Å². The zero-order valence-electron chi connectivity index (χ0n) is 15.4. The second-order valence-electron chi connectivity index (χ2n) is 6.58. The molecule has 0 saturated heterocycles. The number of Topliss-reactive ketones (excluding diaryl/α,β-unsaturated/α-hetero) is 1. The van der Waals surface area contributed by atoms with Gasteiger partial charge in [0, 0.05) is 11.3 Å². The quantitative estimate of drug-likeness (QED) is 0.673. The van der Waals surface area contributed by atoms with E-state index < -0.39 is 0 Å². The number of aromatic nitrogens is 2. The minimum atomic E-state index is -0.333. The van der Waals surface area contributed by atoms with E-state index in [4.69, 9.17) is 0 Å². The second-order valence-corrected chi connectivity index (χ2v) is 6.58. The summed E-state index contributed by atoms with van der Waals surface area (Å²) in [4.78, 5) is 24.3. The summed E-state index contributed by atoms with van der Waals surface area (Å²) in [7, 11) is 0. The minimum absolute atomic E-state index is 0.0156. The highest BCUT2D eigenvalue weighted by Crippen LogP contribution is 2.24. The van der Waals surface area contributed by atoms with Crippen molar-refractivity contribution in [3.05, 3.63) is 77.4 Å². The Kier molecular flexibility index (Phi) is 5.16. The normalized spacial score (nSPS) is 10.9. The number of carbonyl (C=O) groups excluding carboxylic acids is 2. The molecule has 0 unspecified atom stereocenters. The Morgan fingerprint density at radius 3 is 2.44 bits per heavy atom. The lowest BCUT2D eigenvalue weighted by Crippen LogP contribution is -2.15. The van der Waals surface area contributed by atoms with Crippen molar-refractivity contribution in [1.82, 2.24) is 9.78 Å². The number of hydrogen-bond acceptors (Lipinski definition) is 3. The van der Waals surface area contributed by atoms with Crippen LogP contribution >= 0.6 is 0 Å². The molecule has 1 aromatic heterocycles. The van der Waals surface area contributed by atoms with Crippen LogP contribution in [0.2, 0.25) is 0 Å². The Morgan fingerprint density at radius 2 is 1.81 bits per heavy atom. The standard InChI is InChI=1S/C21H20FN3O2/c1-13(2)20-19(12-23-25(20)18-9-7-16(22)8-10-18)21(27)24-17-6-4-5-15(11-17)14(3)26/h4-13H,1-3H3,(H,24,27). The van der Waals surface area contributed by atoms with E-state index in [0.717, 1.165) is 5.69 Å². The van der Waals surface area contributed by atoms with E-state index in [0.29, 0.717) is 22.5 Å². The van der Waals surface area contributed by atoms with Crippen molar-refractivity contribution in [2.75, 3.05) is 5.32 Å². The van der Waals surface area contributed by atoms with Gasteiger partial charge in [-0.3, -0.25) is 9.59 Å². The van der Waals surface area contributed by atoms with E-state index in [-0.39, 0.29) is 23.4 Å². The number of benzene rings is 2. The molecule has 27 heavy (non-hydrogen) atoms. The Labute approximate surface area is 156 Å². The van der Waals surface area contributed by atoms with Crippen LogP contribution in [0.5, 0.6) is 0 Å². The van der Waals surface area contributed by atoms with Gasteiger partial charge in [-0.2, -0.15) is 5.10 Å². The molecule has 1 heterocycles. The number of halogens is 1. The Hall–Kier alpha value is -3.28. The molecular formula is C21H20FN3O2. The lowest BCUT2D eigenvalue weighted by atomic mass is 10.0. The lowest BCUT2D eigenvalue weighted by molar-refractivity contribution is 0.101. The molecule has 0 aliphatic carbocycles. The van der Waals surface area contributed by atoms with Crippen molar-refractivity contribution in [2.45, 2.75) is 26.7 Å². The minimum Gasteiger partial charge on any atom is -0.322 e. The zero-order valence-corrected chi connectivity index (χ0v) is 15.4. The van der Waals surface area contributed by atoms with Gasteiger partial charge in [-0.1, -0.05) is 26.0 Å². The average molecular weight is 365 g/mol. The molecule has 0 bridgehead atoms. The molecule has 0 aliphatic rings. The number of nitrogens with one attached hydrogen (secondary N) is 1. The summed E-state index contributed by atoms with van der Waals surface area (Å²) < 4.78 is 14.9. The van der Waals surface area contributed by atoms with E-state index in [2.05, 4.69) is 10.4 Å². The van der Waals surface area contributed by atoms with Crippen LogP contribution in [0.15, 0.2) is 54.7 Å². The number of ketones is 1. The third kappa shape index (κ3) is 3.95. The highest BCUT2D eigenvalue weighted by Gasteiger charge is 2.21. The molecule has 3 aromatic rings. The summed E-state index contributed by atoms with van der Waals surface area (Å²) in [6, 6.07) is 12.7. The maximum atomic E-state index is 13.2. The van der Waals surface area contributed by atoms with Crippen LogP contribution in [0.1, 0.15) is 53.1 Å². The fourth-order valence-electron chi connectivity index (χ4n) is 2.89. The Balaban J connectivity index is 1.94. The van der Waals surface area contributed by atoms with Gasteiger partial charge in [0.15, 0.2) is 5.78 Å². The van der Waals surface area contributed by atoms with E-state index in [1.807, 2.05) is 13.8 Å². The van der Waals surface area contributed by atoms with Crippen LogP contribution in [0, 0.1) is 5.82 Å². The van der Waals surface area contributed by atoms with Gasteiger partial charge >= 0.3 is 0 Å². The van der Waals surface area contributed by atoms with Crippen LogP contribution < -0.4 is 5.32 Å². The third-order valence-electron chi connectivity index (χ3n) is 4.20. The summed E-state index contributed by atoms with van der Waals surface area (Å²) in [6.07, 6.45) is 1.50. The highest BCUT2D eigenvalue weighted by atomic mass is 19.1. The van der Waals surface area contributed by atoms with E-state index >= 15 is 0 Å². The Bertz CT molecular complexity index is 991. The van der Waals surface area contributed by atoms with Gasteiger partial charge < -0.3 is 5.32 Å². The number of hydrogen-bond donors (Lipinski definition) is 1. The second kappa shape index (κ2) is 7.53. The van der Waals surface area contributed by atoms with Crippen LogP contribution in [-0.2, 0) is 0 Å². The first kappa shape index (κ1) is 18.5. The number of carbonyl (C=O) groups is 2. The highest BCUT2D eigenvalue weighted by molar-refractivity contribution is 6.06. The Morgan fingerprint density at radius 1 is 1.11 bits per heavy atom. The van der Waals surface area contributed by atoms with Gasteiger partial charge in [-0.25, -0.2) is 9.07 Å². The number of rotatable bonds is 5. The van der Waals surface area contributed by atoms with Gasteiger partial charge in [0.25, 0.3) is 5.91 Å². The van der Waals surface area contributed by atoms with Crippen molar-refractivity contribution in [3.8, 4) is 5.69 Å². The fourth-order valence-corrected chi connectivity index (χ4v) is 2.89. The van der Waals surface area contributed by atoms with Crippen molar-refractivity contribution in [3.63, 3.8) is 0 Å². The number of amides is 1. The first-order valence-corrected chi connectivity index (χ1v) is 8.63. The number of anilines is 1. The molecule has 0 fully saturated rings. The topological polar surface area (TPSA) is 64.0 Å². The van der Waals surface area contributed by atoms with Crippen LogP contribution in [0.4, 0.5) is 10.1 Å². The summed E-state index contributed by atoms with van der Waals surface area (Å²) in [5.41, 5.74) is 2.90. The van der Waals surface area contributed by atoms with E-state index in [1.165, 1.54) is 25.3 Å². The maximum Gasteiger partial charge on any atom is 0.259 e. The molecule has 0 spiro atoms. The number of nitrogens with zero attached hydrogens (tertiary/aromatic N) is 2. The SMILES string of the molecule is CC(=O)c1cccc(NC(=O)c2cnn(-c3ccc(F)cc3)c2C(C)C)c1. The third-order valence-corrected chi connectivity index (χ3v) is 4.20. The van der Waals surface area contributed by atoms with E-state index in [9.17, 15) is 14.0 Å². The zero-order chi connectivity index (χ0) is 19.6. The van der Waals surface area contributed by atoms with Crippen LogP contribution in [0.25, 0.3) is 5.69 Å². The summed E-state index contributed by atoms with van der Waals surface area (Å²) >= 11 is 0. The van der Waals surface area contributed by atoms with Gasteiger partial charge in [-0.05, 0) is 49.2 Å². The van der Waals surface area contributed by atoms with E-state index in [1.54, 1.807) is 41.1 Å². The molecule has 3 rings (SSSR count). The monoisotopic (exact) mass is 365 g/mol. The molecule has 138 valence electrons. The average Bonchev–Trinajstić information content (AvgIpc) is 3.08. The summed E-state index contributed by atoms with van der Waals surface area (Å²) in [5, 5.41) is 7.14. The summed E-state index contributed by atoms with van der Waals surface area (Å²) in [5.74, 6) is -0.701. The molecular weight excluding hydrogens is 345 g/mol. The predicted molar refractivity (Wildman–Crippen MR) is 102 cm³/mol. The fraction of sp³-hybridized carbons (Fsp3) is 0.190. The molecule has 0 saturated carbocycles. The molecule has 5 nitrogen and oxygen atoms in total. The summed E-state index contributed by atoms with van der Waals surface area (Å²) in [6.45, 7) is 5.40. The molecule has 0 radical (unpaired) electrons. The van der Waals surface area contributed by atoms with Crippen molar-refractivity contribution >= 4 is 17.4 Å². The first-order valence-electron chi connectivity index (χ1n) is 8.63.